The molecular formula is C15H23N3O4. The number of aliphatic carboxylic acids is 1. The number of piperidine rings is 1. The van der Waals surface area contributed by atoms with Gasteiger partial charge in [-0.3, -0.25) is 19.8 Å². The number of carbonyl (C=O) groups excluding carboxylic acids is 1. The zero-order valence-corrected chi connectivity index (χ0v) is 13.3. The fourth-order valence-electron chi connectivity index (χ4n) is 2.41. The van der Waals surface area contributed by atoms with Crippen LogP contribution in [-0.4, -0.2) is 46.7 Å². The van der Waals surface area contributed by atoms with Crippen LogP contribution in [0.4, 0.5) is 5.88 Å². The molecule has 2 heterocycles. The number of carbonyl (C=O) groups is 2. The summed E-state index contributed by atoms with van der Waals surface area (Å²) in [5.41, 5.74) is 0.649. The number of nitrogens with one attached hydrogen (secondary N) is 1. The van der Waals surface area contributed by atoms with E-state index in [-0.39, 0.29) is 23.8 Å². The van der Waals surface area contributed by atoms with Crippen molar-refractivity contribution in [3.8, 4) is 0 Å². The molecule has 1 fully saturated rings. The number of carboxylic acids is 1. The van der Waals surface area contributed by atoms with Gasteiger partial charge >= 0.3 is 5.97 Å². The molecule has 1 aliphatic heterocycles. The molecule has 0 unspecified atom stereocenters. The van der Waals surface area contributed by atoms with Crippen molar-refractivity contribution in [3.05, 3.63) is 11.8 Å². The molecule has 0 aromatic carbocycles. The van der Waals surface area contributed by atoms with Gasteiger partial charge in [-0.25, -0.2) is 0 Å². The summed E-state index contributed by atoms with van der Waals surface area (Å²) in [6, 6.07) is 1.73. The number of carboxylic acid groups (broad SMARTS) is 1. The van der Waals surface area contributed by atoms with Gasteiger partial charge in [0.2, 0.25) is 11.8 Å². The number of hydrogen-bond acceptors (Lipinski definition) is 5. The second-order valence-electron chi connectivity index (χ2n) is 6.76. The Bertz CT molecular complexity index is 539. The second kappa shape index (κ2) is 6.48. The van der Waals surface area contributed by atoms with Crippen molar-refractivity contribution in [2.75, 3.05) is 25.0 Å². The third-order valence-electron chi connectivity index (χ3n) is 3.85. The van der Waals surface area contributed by atoms with Crippen molar-refractivity contribution >= 4 is 17.8 Å². The van der Waals surface area contributed by atoms with Crippen molar-refractivity contribution in [1.82, 2.24) is 10.1 Å². The molecule has 1 aromatic heterocycles. The van der Waals surface area contributed by atoms with E-state index in [1.54, 1.807) is 6.07 Å². The lowest BCUT2D eigenvalue weighted by Crippen LogP contribution is -2.40. The van der Waals surface area contributed by atoms with Gasteiger partial charge in [-0.1, -0.05) is 25.9 Å². The van der Waals surface area contributed by atoms with Crippen LogP contribution in [0.15, 0.2) is 10.6 Å². The Kier molecular flexibility index (Phi) is 4.85. The first-order chi connectivity index (χ1) is 10.3. The van der Waals surface area contributed by atoms with E-state index in [1.165, 1.54) is 0 Å². The van der Waals surface area contributed by atoms with Crippen LogP contribution < -0.4 is 5.32 Å². The van der Waals surface area contributed by atoms with Crippen LogP contribution in [0.2, 0.25) is 0 Å². The molecule has 0 aliphatic carbocycles. The third kappa shape index (κ3) is 4.30. The highest BCUT2D eigenvalue weighted by Gasteiger charge is 2.26. The molecule has 7 heteroatoms. The summed E-state index contributed by atoms with van der Waals surface area (Å²) in [4.78, 5) is 24.8. The molecule has 1 aromatic rings. The fraction of sp³-hybridized carbons (Fsp3) is 0.667. The maximum Gasteiger partial charge on any atom is 0.306 e. The molecule has 22 heavy (non-hydrogen) atoms. The van der Waals surface area contributed by atoms with E-state index in [2.05, 4.69) is 10.5 Å². The van der Waals surface area contributed by atoms with Crippen LogP contribution in [-0.2, 0) is 15.0 Å². The minimum atomic E-state index is -0.750. The van der Waals surface area contributed by atoms with E-state index in [4.69, 9.17) is 9.63 Å². The fourth-order valence-corrected chi connectivity index (χ4v) is 2.41. The number of aromatic nitrogens is 1. The Morgan fingerprint density at radius 2 is 2.05 bits per heavy atom. The molecule has 0 bridgehead atoms. The van der Waals surface area contributed by atoms with Crippen LogP contribution >= 0.6 is 0 Å². The molecule has 1 aliphatic rings. The molecule has 1 amide bonds. The van der Waals surface area contributed by atoms with E-state index in [0.717, 1.165) is 5.69 Å². The summed E-state index contributed by atoms with van der Waals surface area (Å²) in [5, 5.41) is 15.6. The van der Waals surface area contributed by atoms with Crippen molar-refractivity contribution in [2.24, 2.45) is 5.92 Å². The average Bonchev–Trinajstić information content (AvgIpc) is 2.87. The Hall–Kier alpha value is -1.89. The Balaban J connectivity index is 1.81. The quantitative estimate of drug-likeness (QED) is 0.879. The molecule has 2 rings (SSSR count). The summed E-state index contributed by atoms with van der Waals surface area (Å²) in [7, 11) is 0. The Labute approximate surface area is 129 Å². The van der Waals surface area contributed by atoms with Crippen LogP contribution in [0.5, 0.6) is 0 Å². The highest BCUT2D eigenvalue weighted by molar-refractivity contribution is 5.91. The van der Waals surface area contributed by atoms with Gasteiger partial charge in [0.25, 0.3) is 0 Å². The molecule has 7 nitrogen and oxygen atoms in total. The van der Waals surface area contributed by atoms with Crippen LogP contribution in [0.1, 0.15) is 39.3 Å². The summed E-state index contributed by atoms with van der Waals surface area (Å²) < 4.78 is 5.12. The molecule has 0 atom stereocenters. The highest BCUT2D eigenvalue weighted by atomic mass is 16.5. The lowest BCUT2D eigenvalue weighted by Gasteiger charge is -2.29. The number of nitrogens with zero attached hydrogens (tertiary/aromatic N) is 2. The molecule has 0 saturated carbocycles. The number of amides is 1. The lowest BCUT2D eigenvalue weighted by molar-refractivity contribution is -0.143. The van der Waals surface area contributed by atoms with Gasteiger partial charge in [0, 0.05) is 11.5 Å². The van der Waals surface area contributed by atoms with Crippen LogP contribution in [0.25, 0.3) is 0 Å². The number of likely N-dealkylation sites (tertiary alicyclic amines) is 1. The van der Waals surface area contributed by atoms with Gasteiger partial charge in [0.15, 0.2) is 0 Å². The normalized spacial score (nSPS) is 17.4. The minimum Gasteiger partial charge on any atom is -0.481 e. The summed E-state index contributed by atoms with van der Waals surface area (Å²) in [5.74, 6) is -0.871. The lowest BCUT2D eigenvalue weighted by atomic mass is 9.92. The maximum absolute atomic E-state index is 12.0. The third-order valence-corrected chi connectivity index (χ3v) is 3.85. The van der Waals surface area contributed by atoms with Gasteiger partial charge in [0.05, 0.1) is 18.2 Å². The Morgan fingerprint density at radius 1 is 1.41 bits per heavy atom. The zero-order chi connectivity index (χ0) is 16.3. The number of anilines is 1. The smallest absolute Gasteiger partial charge is 0.306 e. The van der Waals surface area contributed by atoms with E-state index in [0.29, 0.717) is 31.8 Å². The highest BCUT2D eigenvalue weighted by Crippen LogP contribution is 2.23. The standard InChI is InChI=1S/C15H23N3O4/c1-15(2,3)11-8-13(22-17-11)16-12(19)9-18-6-4-10(5-7-18)14(20)21/h8,10H,4-7,9H2,1-3H3,(H,16,19)(H,20,21). The first-order valence-electron chi connectivity index (χ1n) is 7.48. The molecular weight excluding hydrogens is 286 g/mol. The van der Waals surface area contributed by atoms with Gasteiger partial charge in [-0.05, 0) is 25.9 Å². The van der Waals surface area contributed by atoms with Crippen molar-refractivity contribution in [1.29, 1.82) is 0 Å². The first-order valence-corrected chi connectivity index (χ1v) is 7.48. The zero-order valence-electron chi connectivity index (χ0n) is 13.3. The van der Waals surface area contributed by atoms with Crippen molar-refractivity contribution in [2.45, 2.75) is 39.0 Å². The predicted octanol–water partition coefficient (Wildman–Crippen LogP) is 1.71. The summed E-state index contributed by atoms with van der Waals surface area (Å²) in [6.07, 6.45) is 1.16. The maximum atomic E-state index is 12.0. The van der Waals surface area contributed by atoms with Crippen LogP contribution in [0.3, 0.4) is 0 Å². The van der Waals surface area contributed by atoms with E-state index < -0.39 is 5.97 Å². The van der Waals surface area contributed by atoms with Gasteiger partial charge < -0.3 is 9.63 Å². The molecule has 122 valence electrons. The number of rotatable bonds is 4. The molecule has 0 spiro atoms. The minimum absolute atomic E-state index is 0.134. The molecule has 1 saturated heterocycles. The average molecular weight is 309 g/mol. The molecule has 2 N–H and O–H groups in total. The van der Waals surface area contributed by atoms with Gasteiger partial charge in [0.1, 0.15) is 0 Å². The first kappa shape index (κ1) is 16.5. The van der Waals surface area contributed by atoms with Gasteiger partial charge in [-0.2, -0.15) is 0 Å². The predicted molar refractivity (Wildman–Crippen MR) is 80.6 cm³/mol. The van der Waals surface area contributed by atoms with E-state index in [1.807, 2.05) is 25.7 Å². The molecule has 0 radical (unpaired) electrons. The van der Waals surface area contributed by atoms with Crippen molar-refractivity contribution in [3.63, 3.8) is 0 Å². The summed E-state index contributed by atoms with van der Waals surface area (Å²) >= 11 is 0. The van der Waals surface area contributed by atoms with E-state index in [9.17, 15) is 9.59 Å². The monoisotopic (exact) mass is 309 g/mol. The van der Waals surface area contributed by atoms with Gasteiger partial charge in [-0.15, -0.1) is 0 Å². The second-order valence-corrected chi connectivity index (χ2v) is 6.76. The summed E-state index contributed by atoms with van der Waals surface area (Å²) in [6.45, 7) is 7.52. The largest absolute Gasteiger partial charge is 0.481 e. The van der Waals surface area contributed by atoms with Crippen molar-refractivity contribution < 1.29 is 19.2 Å². The Morgan fingerprint density at radius 3 is 2.55 bits per heavy atom. The van der Waals surface area contributed by atoms with E-state index >= 15 is 0 Å². The number of hydrogen-bond donors (Lipinski definition) is 2. The van der Waals surface area contributed by atoms with Crippen LogP contribution in [0, 0.1) is 5.92 Å². The topological polar surface area (TPSA) is 95.7 Å². The SMILES string of the molecule is CC(C)(C)c1cc(NC(=O)CN2CCC(C(=O)O)CC2)on1.